The van der Waals surface area contributed by atoms with E-state index in [-0.39, 0.29) is 12.4 Å². The monoisotopic (exact) mass is 216 g/mol. The average Bonchev–Trinajstić information content (AvgIpc) is 2.18. The summed E-state index contributed by atoms with van der Waals surface area (Å²) < 4.78 is 30.4. The maximum atomic E-state index is 13.0. The van der Waals surface area contributed by atoms with E-state index < -0.39 is 23.6 Å². The molecule has 82 valence electrons. The van der Waals surface area contributed by atoms with Crippen molar-refractivity contribution in [3.05, 3.63) is 29.8 Å². The summed E-state index contributed by atoms with van der Waals surface area (Å²) in [5, 5.41) is 0. The first-order chi connectivity index (χ1) is 7.00. The van der Waals surface area contributed by atoms with Gasteiger partial charge in [-0.3, -0.25) is 4.79 Å². The van der Waals surface area contributed by atoms with Gasteiger partial charge in [-0.15, -0.1) is 0 Å². The second kappa shape index (κ2) is 4.70. The van der Waals surface area contributed by atoms with Crippen LogP contribution in [0.4, 0.5) is 8.78 Å². The van der Waals surface area contributed by atoms with E-state index in [0.717, 1.165) is 18.2 Å². The number of rotatable bonds is 4. The molecule has 0 aliphatic heterocycles. The van der Waals surface area contributed by atoms with Gasteiger partial charge in [-0.1, -0.05) is 0 Å². The molecule has 0 aliphatic carbocycles. The molecule has 0 heterocycles. The van der Waals surface area contributed by atoms with E-state index in [9.17, 15) is 13.6 Å². The highest BCUT2D eigenvalue weighted by Crippen LogP contribution is 2.17. The van der Waals surface area contributed by atoms with Crippen LogP contribution in [0, 0.1) is 11.6 Å². The molecular weight excluding hydrogens is 206 g/mol. The van der Waals surface area contributed by atoms with Crippen LogP contribution in [-0.2, 0) is 4.79 Å². The lowest BCUT2D eigenvalue weighted by Gasteiger charge is -2.10. The number of halogens is 2. The summed E-state index contributed by atoms with van der Waals surface area (Å²) in [6, 6.07) is 1.69. The average molecular weight is 216 g/mol. The Balaban J connectivity index is 2.65. The molecule has 0 radical (unpaired) electrons. The summed E-state index contributed by atoms with van der Waals surface area (Å²) in [5.74, 6) is -2.44. The third-order valence-corrected chi connectivity index (χ3v) is 1.68. The number of hydrogen-bond donors (Lipinski definition) is 2. The Bertz CT molecular complexity index is 371. The number of carbonyl (C=O) groups excluding carboxylic acids is 1. The van der Waals surface area contributed by atoms with E-state index in [0.29, 0.717) is 0 Å². The number of ether oxygens (including phenoxy) is 1. The van der Waals surface area contributed by atoms with E-state index in [2.05, 4.69) is 0 Å². The Labute approximate surface area is 84.8 Å². The zero-order chi connectivity index (χ0) is 11.4. The quantitative estimate of drug-likeness (QED) is 0.752. The van der Waals surface area contributed by atoms with Gasteiger partial charge in [-0.25, -0.2) is 8.78 Å². The minimum atomic E-state index is -1.05. The molecule has 0 spiro atoms. The van der Waals surface area contributed by atoms with Crippen molar-refractivity contribution in [2.45, 2.75) is 6.04 Å². The fourth-order valence-electron chi connectivity index (χ4n) is 0.850. The van der Waals surface area contributed by atoms with E-state index >= 15 is 0 Å². The predicted molar refractivity (Wildman–Crippen MR) is 49.0 cm³/mol. The summed E-state index contributed by atoms with van der Waals surface area (Å²) in [4.78, 5) is 10.5. The van der Waals surface area contributed by atoms with Crippen molar-refractivity contribution in [2.75, 3.05) is 6.61 Å². The van der Waals surface area contributed by atoms with Gasteiger partial charge in [0.25, 0.3) is 0 Å². The maximum Gasteiger partial charge on any atom is 0.237 e. The second-order valence-electron chi connectivity index (χ2n) is 2.89. The van der Waals surface area contributed by atoms with Gasteiger partial charge in [0.05, 0.1) is 0 Å². The molecule has 1 aromatic carbocycles. The smallest absolute Gasteiger partial charge is 0.237 e. The fraction of sp³-hybridized carbons (Fsp3) is 0.222. The summed E-state index contributed by atoms with van der Waals surface area (Å²) >= 11 is 0. The number of nitrogens with two attached hydrogens (primary N) is 2. The van der Waals surface area contributed by atoms with Crippen LogP contribution in [0.25, 0.3) is 0 Å². The van der Waals surface area contributed by atoms with Gasteiger partial charge in [-0.05, 0) is 12.1 Å². The van der Waals surface area contributed by atoms with Gasteiger partial charge in [0.2, 0.25) is 5.91 Å². The van der Waals surface area contributed by atoms with E-state index in [1.807, 2.05) is 0 Å². The molecule has 0 bridgehead atoms. The van der Waals surface area contributed by atoms with Gasteiger partial charge in [0.15, 0.2) is 11.6 Å². The molecule has 4 N–H and O–H groups in total. The Morgan fingerprint density at radius 3 is 2.73 bits per heavy atom. The first kappa shape index (κ1) is 11.4. The Hall–Kier alpha value is -1.69. The molecule has 0 fully saturated rings. The van der Waals surface area contributed by atoms with Crippen molar-refractivity contribution >= 4 is 5.91 Å². The molecule has 1 amide bonds. The largest absolute Gasteiger partial charge is 0.488 e. The topological polar surface area (TPSA) is 78.3 Å². The van der Waals surface area contributed by atoms with E-state index in [1.165, 1.54) is 0 Å². The first-order valence-electron chi connectivity index (χ1n) is 4.13. The predicted octanol–water partition coefficient (Wildman–Crippen LogP) is 0.156. The molecule has 6 heteroatoms. The van der Waals surface area contributed by atoms with Crippen molar-refractivity contribution in [1.82, 2.24) is 0 Å². The Kier molecular flexibility index (Phi) is 3.56. The number of hydrogen-bond acceptors (Lipinski definition) is 3. The SMILES string of the molecule is NC(=O)C(N)COc1cc(F)ccc1F. The highest BCUT2D eigenvalue weighted by Gasteiger charge is 2.12. The van der Waals surface area contributed by atoms with E-state index in [4.69, 9.17) is 16.2 Å². The van der Waals surface area contributed by atoms with Crippen molar-refractivity contribution in [1.29, 1.82) is 0 Å². The Morgan fingerprint density at radius 1 is 1.47 bits per heavy atom. The molecule has 15 heavy (non-hydrogen) atoms. The minimum Gasteiger partial charge on any atom is -0.488 e. The Morgan fingerprint density at radius 2 is 2.13 bits per heavy atom. The zero-order valence-electron chi connectivity index (χ0n) is 7.74. The number of amides is 1. The van der Waals surface area contributed by atoms with Crippen LogP contribution < -0.4 is 16.2 Å². The lowest BCUT2D eigenvalue weighted by Crippen LogP contribution is -2.41. The highest BCUT2D eigenvalue weighted by molar-refractivity contribution is 5.79. The molecule has 1 rings (SSSR count). The van der Waals surface area contributed by atoms with Crippen LogP contribution in [0.5, 0.6) is 5.75 Å². The molecular formula is C9H10F2N2O2. The molecule has 1 aromatic rings. The highest BCUT2D eigenvalue weighted by atomic mass is 19.1. The first-order valence-corrected chi connectivity index (χ1v) is 4.13. The second-order valence-corrected chi connectivity index (χ2v) is 2.89. The van der Waals surface area contributed by atoms with E-state index in [1.54, 1.807) is 0 Å². The molecule has 1 unspecified atom stereocenters. The van der Waals surface area contributed by atoms with Gasteiger partial charge in [0, 0.05) is 6.07 Å². The zero-order valence-corrected chi connectivity index (χ0v) is 7.74. The van der Waals surface area contributed by atoms with Gasteiger partial charge in [0.1, 0.15) is 18.5 Å². The molecule has 4 nitrogen and oxygen atoms in total. The van der Waals surface area contributed by atoms with Gasteiger partial charge >= 0.3 is 0 Å². The van der Waals surface area contributed by atoms with Crippen LogP contribution in [0.15, 0.2) is 18.2 Å². The summed E-state index contributed by atoms with van der Waals surface area (Å²) in [6.45, 7) is -0.296. The van der Waals surface area contributed by atoms with Crippen molar-refractivity contribution in [3.63, 3.8) is 0 Å². The van der Waals surface area contributed by atoms with Crippen LogP contribution in [0.1, 0.15) is 0 Å². The third kappa shape index (κ3) is 3.17. The molecule has 0 saturated carbocycles. The maximum absolute atomic E-state index is 13.0. The standard InChI is InChI=1S/C9H10F2N2O2/c10-5-1-2-6(11)8(3-5)15-4-7(12)9(13)14/h1-3,7H,4,12H2,(H2,13,14). The lowest BCUT2D eigenvalue weighted by atomic mass is 10.3. The normalized spacial score (nSPS) is 12.2. The minimum absolute atomic E-state index is 0.296. The van der Waals surface area contributed by atoms with Crippen LogP contribution in [0.3, 0.4) is 0 Å². The van der Waals surface area contributed by atoms with Crippen LogP contribution in [0.2, 0.25) is 0 Å². The van der Waals surface area contributed by atoms with Crippen LogP contribution >= 0.6 is 0 Å². The summed E-state index contributed by atoms with van der Waals surface area (Å²) in [7, 11) is 0. The summed E-state index contributed by atoms with van der Waals surface area (Å²) in [6.07, 6.45) is 0. The number of carbonyl (C=O) groups is 1. The number of primary amides is 1. The lowest BCUT2D eigenvalue weighted by molar-refractivity contribution is -0.119. The fourth-order valence-corrected chi connectivity index (χ4v) is 0.850. The van der Waals surface area contributed by atoms with Gasteiger partial charge in [-0.2, -0.15) is 0 Å². The van der Waals surface area contributed by atoms with Crippen molar-refractivity contribution in [3.8, 4) is 5.75 Å². The molecule has 0 aromatic heterocycles. The molecule has 0 aliphatic rings. The van der Waals surface area contributed by atoms with Crippen molar-refractivity contribution < 1.29 is 18.3 Å². The van der Waals surface area contributed by atoms with Gasteiger partial charge < -0.3 is 16.2 Å². The molecule has 0 saturated heterocycles. The number of benzene rings is 1. The van der Waals surface area contributed by atoms with Crippen molar-refractivity contribution in [2.24, 2.45) is 11.5 Å². The molecule has 1 atom stereocenters. The summed E-state index contributed by atoms with van der Waals surface area (Å²) in [5.41, 5.74) is 10.1. The third-order valence-electron chi connectivity index (χ3n) is 1.68. The van der Waals surface area contributed by atoms with Crippen LogP contribution in [-0.4, -0.2) is 18.6 Å².